The van der Waals surface area contributed by atoms with Gasteiger partial charge in [-0.05, 0) is 24.1 Å². The predicted octanol–water partition coefficient (Wildman–Crippen LogP) is 3.70. The topological polar surface area (TPSA) is 67.9 Å². The molecule has 166 valence electrons. The third kappa shape index (κ3) is 4.04. The molecule has 4 rings (SSSR count). The molecule has 2 amide bonds. The van der Waals surface area contributed by atoms with Crippen LogP contribution in [0, 0.1) is 5.82 Å². The van der Waals surface area contributed by atoms with E-state index in [0.717, 1.165) is 23.5 Å². The maximum atomic E-state index is 14.2. The Kier molecular flexibility index (Phi) is 5.75. The van der Waals surface area contributed by atoms with Crippen LogP contribution in [0.15, 0.2) is 18.2 Å². The van der Waals surface area contributed by atoms with Crippen molar-refractivity contribution in [3.8, 4) is 0 Å². The molecule has 0 bridgehead atoms. The highest BCUT2D eigenvalue weighted by Crippen LogP contribution is 2.39. The summed E-state index contributed by atoms with van der Waals surface area (Å²) in [5.74, 6) is -2.92. The number of carbonyl (C=O) groups excluding carboxylic acids is 2. The second-order valence-electron chi connectivity index (χ2n) is 7.19. The Morgan fingerprint density at radius 1 is 1.26 bits per heavy atom. The summed E-state index contributed by atoms with van der Waals surface area (Å²) >= 11 is 1.05. The highest BCUT2D eigenvalue weighted by Gasteiger charge is 2.39. The van der Waals surface area contributed by atoms with Gasteiger partial charge in [-0.1, -0.05) is 6.07 Å². The van der Waals surface area contributed by atoms with E-state index in [-0.39, 0.29) is 29.2 Å². The van der Waals surface area contributed by atoms with E-state index in [1.54, 1.807) is 0 Å². The molecule has 31 heavy (non-hydrogen) atoms. The minimum Gasteiger partial charge on any atom is -0.378 e. The fraction of sp³-hybridized carbons (Fsp3) is 0.400. The van der Waals surface area contributed by atoms with Gasteiger partial charge >= 0.3 is 6.18 Å². The monoisotopic (exact) mass is 458 g/mol. The molecule has 0 aliphatic carbocycles. The maximum absolute atomic E-state index is 14.2. The summed E-state index contributed by atoms with van der Waals surface area (Å²) in [7, 11) is 1.54. The van der Waals surface area contributed by atoms with E-state index in [0.29, 0.717) is 42.6 Å². The van der Waals surface area contributed by atoms with E-state index in [2.05, 4.69) is 5.32 Å². The number of carbonyl (C=O) groups is 2. The van der Waals surface area contributed by atoms with Crippen LogP contribution in [-0.4, -0.2) is 49.6 Å². The van der Waals surface area contributed by atoms with Gasteiger partial charge in [0.2, 0.25) is 0 Å². The molecule has 1 aromatic heterocycles. The first-order valence-electron chi connectivity index (χ1n) is 9.42. The molecule has 0 saturated carbocycles. The van der Waals surface area contributed by atoms with Crippen molar-refractivity contribution < 1.29 is 36.6 Å². The summed E-state index contributed by atoms with van der Waals surface area (Å²) < 4.78 is 64.8. The summed E-state index contributed by atoms with van der Waals surface area (Å²) in [6, 6.07) is 2.32. The van der Waals surface area contributed by atoms with Crippen LogP contribution in [0.5, 0.6) is 0 Å². The molecule has 0 unspecified atom stereocenters. The fourth-order valence-electron chi connectivity index (χ4n) is 3.61. The third-order valence-corrected chi connectivity index (χ3v) is 6.40. The van der Waals surface area contributed by atoms with E-state index < -0.39 is 29.0 Å². The molecule has 1 N–H and O–H groups in total. The zero-order chi connectivity index (χ0) is 22.3. The molecule has 2 aromatic rings. The van der Waals surface area contributed by atoms with Gasteiger partial charge in [0.05, 0.1) is 36.0 Å². The zero-order valence-electron chi connectivity index (χ0n) is 16.3. The number of alkyl halides is 3. The number of methoxy groups -OCH3 is 1. The minimum atomic E-state index is -4.91. The lowest BCUT2D eigenvalue weighted by molar-refractivity contribution is -0.138. The zero-order valence-corrected chi connectivity index (χ0v) is 17.2. The van der Waals surface area contributed by atoms with E-state index in [1.807, 2.05) is 0 Å². The highest BCUT2D eigenvalue weighted by molar-refractivity contribution is 7.17. The average molecular weight is 458 g/mol. The lowest BCUT2D eigenvalue weighted by Gasteiger charge is -2.38. The first-order valence-corrected chi connectivity index (χ1v) is 10.2. The number of amides is 2. The smallest absolute Gasteiger partial charge is 0.378 e. The number of thiophene rings is 1. The van der Waals surface area contributed by atoms with Crippen LogP contribution >= 0.6 is 11.3 Å². The van der Waals surface area contributed by atoms with Crippen LogP contribution in [0.4, 0.5) is 22.6 Å². The standard InChI is InChI=1S/C20H18F4N2O4S/c1-29-10-7-26(8-10)19(28)15-11-5-6-30-9-14(11)31-18(15)25-17(27)16-12(20(22,23)24)3-2-4-13(16)21/h2-4,10H,5-9H2,1H3,(H,25,27). The molecule has 11 heteroatoms. The summed E-state index contributed by atoms with van der Waals surface area (Å²) in [6.45, 7) is 1.35. The lowest BCUT2D eigenvalue weighted by Crippen LogP contribution is -2.54. The van der Waals surface area contributed by atoms with Gasteiger partial charge in [-0.3, -0.25) is 9.59 Å². The van der Waals surface area contributed by atoms with Crippen molar-refractivity contribution in [2.75, 3.05) is 32.1 Å². The number of rotatable bonds is 4. The quantitative estimate of drug-likeness (QED) is 0.710. The number of nitrogens with one attached hydrogen (secondary N) is 1. The second kappa shape index (κ2) is 8.21. The van der Waals surface area contributed by atoms with Gasteiger partial charge < -0.3 is 19.7 Å². The second-order valence-corrected chi connectivity index (χ2v) is 8.30. The van der Waals surface area contributed by atoms with E-state index in [1.165, 1.54) is 12.0 Å². The summed E-state index contributed by atoms with van der Waals surface area (Å²) in [5, 5.41) is 2.44. The van der Waals surface area contributed by atoms with Crippen molar-refractivity contribution in [3.05, 3.63) is 51.1 Å². The average Bonchev–Trinajstić information content (AvgIpc) is 3.03. The molecule has 1 saturated heterocycles. The predicted molar refractivity (Wildman–Crippen MR) is 104 cm³/mol. The Morgan fingerprint density at radius 2 is 2.00 bits per heavy atom. The van der Waals surface area contributed by atoms with E-state index in [9.17, 15) is 27.2 Å². The Hall–Kier alpha value is -2.50. The summed E-state index contributed by atoms with van der Waals surface area (Å²) in [6.07, 6.45) is -4.58. The fourth-order valence-corrected chi connectivity index (χ4v) is 4.79. The van der Waals surface area contributed by atoms with Crippen LogP contribution < -0.4 is 5.32 Å². The molecule has 2 aliphatic heterocycles. The first kappa shape index (κ1) is 21.7. The number of fused-ring (bicyclic) bond motifs is 1. The van der Waals surface area contributed by atoms with Gasteiger partial charge in [-0.2, -0.15) is 13.2 Å². The van der Waals surface area contributed by atoms with Crippen LogP contribution in [0.3, 0.4) is 0 Å². The molecular formula is C20H18F4N2O4S. The van der Waals surface area contributed by atoms with Crippen molar-refractivity contribution in [2.45, 2.75) is 25.3 Å². The molecule has 3 heterocycles. The number of nitrogens with zero attached hydrogens (tertiary/aromatic N) is 1. The van der Waals surface area contributed by atoms with Crippen molar-refractivity contribution in [1.29, 1.82) is 0 Å². The number of likely N-dealkylation sites (tertiary alicyclic amines) is 1. The third-order valence-electron chi connectivity index (χ3n) is 5.28. The Morgan fingerprint density at radius 3 is 2.68 bits per heavy atom. The number of hydrogen-bond acceptors (Lipinski definition) is 5. The van der Waals surface area contributed by atoms with Gasteiger partial charge in [0.1, 0.15) is 10.8 Å². The van der Waals surface area contributed by atoms with Gasteiger partial charge in [-0.25, -0.2) is 4.39 Å². The van der Waals surface area contributed by atoms with Crippen LogP contribution in [0.25, 0.3) is 0 Å². The Labute approximate surface area is 178 Å². The van der Waals surface area contributed by atoms with Gasteiger partial charge in [0, 0.05) is 25.1 Å². The molecule has 2 aliphatic rings. The maximum Gasteiger partial charge on any atom is 0.417 e. The van der Waals surface area contributed by atoms with Crippen molar-refractivity contribution in [2.24, 2.45) is 0 Å². The van der Waals surface area contributed by atoms with Crippen LogP contribution in [-0.2, 0) is 28.7 Å². The molecule has 0 spiro atoms. The summed E-state index contributed by atoms with van der Waals surface area (Å²) in [4.78, 5) is 28.0. The van der Waals surface area contributed by atoms with Crippen molar-refractivity contribution in [3.63, 3.8) is 0 Å². The van der Waals surface area contributed by atoms with Gasteiger partial charge in [0.15, 0.2) is 0 Å². The largest absolute Gasteiger partial charge is 0.417 e. The molecular weight excluding hydrogens is 440 g/mol. The lowest BCUT2D eigenvalue weighted by atomic mass is 10.0. The highest BCUT2D eigenvalue weighted by atomic mass is 32.1. The Bertz CT molecular complexity index is 1030. The van der Waals surface area contributed by atoms with Gasteiger partial charge in [-0.15, -0.1) is 11.3 Å². The van der Waals surface area contributed by atoms with Crippen molar-refractivity contribution >= 4 is 28.2 Å². The Balaban J connectivity index is 1.69. The molecule has 0 atom stereocenters. The normalized spacial score (nSPS) is 16.6. The number of benzene rings is 1. The minimum absolute atomic E-state index is 0.0859. The van der Waals surface area contributed by atoms with Crippen LogP contribution in [0.2, 0.25) is 0 Å². The summed E-state index contributed by atoms with van der Waals surface area (Å²) in [5.41, 5.74) is -1.58. The molecule has 1 aromatic carbocycles. The van der Waals surface area contributed by atoms with Crippen LogP contribution in [0.1, 0.15) is 36.7 Å². The molecule has 1 fully saturated rings. The SMILES string of the molecule is COC1CN(C(=O)c2c(NC(=O)c3c(F)cccc3C(F)(F)F)sc3c2CCOC3)C1. The van der Waals surface area contributed by atoms with E-state index >= 15 is 0 Å². The van der Waals surface area contributed by atoms with Gasteiger partial charge in [0.25, 0.3) is 11.8 Å². The van der Waals surface area contributed by atoms with E-state index in [4.69, 9.17) is 9.47 Å². The number of hydrogen-bond donors (Lipinski definition) is 1. The number of ether oxygens (including phenoxy) is 2. The number of anilines is 1. The number of halogens is 4. The molecule has 6 nitrogen and oxygen atoms in total. The first-order chi connectivity index (χ1) is 14.7. The molecule has 0 radical (unpaired) electrons. The van der Waals surface area contributed by atoms with Crippen molar-refractivity contribution in [1.82, 2.24) is 4.90 Å².